The van der Waals surface area contributed by atoms with E-state index in [2.05, 4.69) is 40.4 Å². The van der Waals surface area contributed by atoms with Gasteiger partial charge in [-0.1, -0.05) is 35.9 Å². The molecule has 1 aliphatic carbocycles. The summed E-state index contributed by atoms with van der Waals surface area (Å²) in [4.78, 5) is 52.8. The molecule has 14 heteroatoms. The van der Waals surface area contributed by atoms with Gasteiger partial charge in [0.2, 0.25) is 0 Å². The van der Waals surface area contributed by atoms with Gasteiger partial charge in [-0.2, -0.15) is 5.26 Å². The summed E-state index contributed by atoms with van der Waals surface area (Å²) in [6.45, 7) is 8.32. The van der Waals surface area contributed by atoms with Gasteiger partial charge in [0.15, 0.2) is 11.6 Å². The van der Waals surface area contributed by atoms with Crippen LogP contribution in [0, 0.1) is 23.2 Å². The minimum atomic E-state index is -0.677. The van der Waals surface area contributed by atoms with Crippen LogP contribution in [0.2, 0.25) is 5.02 Å². The fourth-order valence-electron chi connectivity index (χ4n) is 8.43. The summed E-state index contributed by atoms with van der Waals surface area (Å²) < 4.78 is 3.69. The van der Waals surface area contributed by atoms with Crippen LogP contribution in [0.15, 0.2) is 36.4 Å². The minimum absolute atomic E-state index is 0.206. The third-order valence-corrected chi connectivity index (χ3v) is 12.2. The lowest BCUT2D eigenvalue weighted by Crippen LogP contribution is -2.36. The molecule has 0 atom stereocenters. The lowest BCUT2D eigenvalue weighted by molar-refractivity contribution is -0.143. The number of carbonyl (C=O) groups is 3. The molecule has 4 aromatic rings. The SMILES string of the molecule is CC(C)N1CCc2c(nc(C(=O)Nc3cccc(-c4cccc(NC(=O)c5nc6c(n5C)CCN(CCC5CCC(C(=O)O)CC5)C6)c4C#N)c3Cl)n2C)C1. The third-order valence-electron chi connectivity index (χ3n) is 11.8. The topological polar surface area (TPSA) is 161 Å². The quantitative estimate of drug-likeness (QED) is 0.169. The minimum Gasteiger partial charge on any atom is -0.481 e. The van der Waals surface area contributed by atoms with Crippen molar-refractivity contribution in [2.24, 2.45) is 25.9 Å². The van der Waals surface area contributed by atoms with Crippen LogP contribution in [0.3, 0.4) is 0 Å². The molecule has 0 spiro atoms. The number of amides is 2. The first-order valence-electron chi connectivity index (χ1n) is 19.2. The summed E-state index contributed by atoms with van der Waals surface area (Å²) >= 11 is 6.94. The molecular weight excluding hydrogens is 718 g/mol. The first kappa shape index (κ1) is 38.3. The molecule has 3 N–H and O–H groups in total. The molecule has 288 valence electrons. The van der Waals surface area contributed by atoms with E-state index in [1.165, 1.54) is 0 Å². The summed E-state index contributed by atoms with van der Waals surface area (Å²) in [5, 5.41) is 25.8. The van der Waals surface area contributed by atoms with Gasteiger partial charge in [-0.25, -0.2) is 9.97 Å². The first-order chi connectivity index (χ1) is 26.4. The van der Waals surface area contributed by atoms with Crippen LogP contribution < -0.4 is 10.6 Å². The Labute approximate surface area is 326 Å². The number of anilines is 2. The summed E-state index contributed by atoms with van der Waals surface area (Å²) in [5.41, 5.74) is 5.82. The highest BCUT2D eigenvalue weighted by atomic mass is 35.5. The number of carbonyl (C=O) groups excluding carboxylic acids is 2. The molecule has 55 heavy (non-hydrogen) atoms. The number of nitrogens with zero attached hydrogens (tertiary/aromatic N) is 7. The van der Waals surface area contributed by atoms with Gasteiger partial charge in [0.25, 0.3) is 11.8 Å². The zero-order chi connectivity index (χ0) is 39.0. The maximum atomic E-state index is 13.7. The molecule has 4 heterocycles. The van der Waals surface area contributed by atoms with Crippen LogP contribution in [0.25, 0.3) is 11.1 Å². The van der Waals surface area contributed by atoms with Crippen LogP contribution >= 0.6 is 11.6 Å². The summed E-state index contributed by atoms with van der Waals surface area (Å²) in [5.74, 6) is -0.575. The molecule has 7 rings (SSSR count). The number of carboxylic acids is 1. The Hall–Kier alpha value is -5.03. The highest BCUT2D eigenvalue weighted by Gasteiger charge is 2.30. The Balaban J connectivity index is 1.04. The first-order valence-corrected chi connectivity index (χ1v) is 19.5. The number of hydrogen-bond donors (Lipinski definition) is 3. The number of hydrogen-bond acceptors (Lipinski definition) is 8. The van der Waals surface area contributed by atoms with Crippen molar-refractivity contribution in [1.29, 1.82) is 5.26 Å². The molecule has 0 bridgehead atoms. The van der Waals surface area contributed by atoms with Crippen molar-refractivity contribution in [2.45, 2.75) is 77.9 Å². The van der Waals surface area contributed by atoms with Gasteiger partial charge in [0.05, 0.1) is 39.3 Å². The number of imidazole rings is 2. The van der Waals surface area contributed by atoms with Crippen LogP contribution in [0.4, 0.5) is 11.4 Å². The van der Waals surface area contributed by atoms with Gasteiger partial charge in [-0.05, 0) is 70.5 Å². The number of halogens is 1. The number of nitrogens with one attached hydrogen (secondary N) is 2. The van der Waals surface area contributed by atoms with E-state index in [9.17, 15) is 24.8 Å². The largest absolute Gasteiger partial charge is 0.481 e. The zero-order valence-electron chi connectivity index (χ0n) is 31.9. The molecule has 2 amide bonds. The van der Waals surface area contributed by atoms with E-state index in [0.717, 1.165) is 87.4 Å². The van der Waals surface area contributed by atoms with Crippen molar-refractivity contribution in [1.82, 2.24) is 28.9 Å². The zero-order valence-corrected chi connectivity index (χ0v) is 32.6. The van der Waals surface area contributed by atoms with E-state index in [1.807, 2.05) is 23.2 Å². The van der Waals surface area contributed by atoms with Gasteiger partial charge in [0, 0.05) is 81.7 Å². The lowest BCUT2D eigenvalue weighted by Gasteiger charge is -2.30. The van der Waals surface area contributed by atoms with Crippen LogP contribution in [0.5, 0.6) is 0 Å². The van der Waals surface area contributed by atoms with Gasteiger partial charge in [0.1, 0.15) is 6.07 Å². The lowest BCUT2D eigenvalue weighted by atomic mass is 9.80. The smallest absolute Gasteiger partial charge is 0.306 e. The molecule has 0 radical (unpaired) electrons. The van der Waals surface area contributed by atoms with Crippen LogP contribution in [-0.2, 0) is 44.8 Å². The molecule has 13 nitrogen and oxygen atoms in total. The molecule has 2 aromatic carbocycles. The summed E-state index contributed by atoms with van der Waals surface area (Å²) in [6.07, 6.45) is 6.02. The Morgan fingerprint density at radius 3 is 2.07 bits per heavy atom. The normalized spacial score (nSPS) is 18.7. The van der Waals surface area contributed by atoms with Crippen LogP contribution in [0.1, 0.15) is 95.5 Å². The van der Waals surface area contributed by atoms with E-state index < -0.39 is 11.9 Å². The third kappa shape index (κ3) is 7.76. The number of rotatable bonds is 10. The van der Waals surface area contributed by atoms with Gasteiger partial charge in [-0.15, -0.1) is 0 Å². The fraction of sp³-hybridized carbons (Fsp3) is 0.463. The average molecular weight is 766 g/mol. The Morgan fingerprint density at radius 2 is 1.45 bits per heavy atom. The number of carboxylic acid groups (broad SMARTS) is 1. The molecule has 2 aliphatic heterocycles. The van der Waals surface area contributed by atoms with Crippen molar-refractivity contribution in [2.75, 3.05) is 30.3 Å². The Bertz CT molecular complexity index is 2180. The Morgan fingerprint density at radius 1 is 0.873 bits per heavy atom. The van der Waals surface area contributed by atoms with E-state index in [4.69, 9.17) is 21.6 Å². The number of aromatic nitrogens is 4. The second-order valence-electron chi connectivity index (χ2n) is 15.4. The molecule has 2 aromatic heterocycles. The van der Waals surface area contributed by atoms with E-state index >= 15 is 0 Å². The molecule has 3 aliphatic rings. The van der Waals surface area contributed by atoms with E-state index in [-0.39, 0.29) is 28.2 Å². The molecule has 1 saturated carbocycles. The number of fused-ring (bicyclic) bond motifs is 2. The summed E-state index contributed by atoms with van der Waals surface area (Å²) in [6, 6.07) is 13.1. The van der Waals surface area contributed by atoms with E-state index in [1.54, 1.807) is 36.4 Å². The monoisotopic (exact) mass is 765 g/mol. The highest BCUT2D eigenvalue weighted by molar-refractivity contribution is 6.36. The molecule has 0 unspecified atom stereocenters. The van der Waals surface area contributed by atoms with Gasteiger partial charge >= 0.3 is 5.97 Å². The predicted octanol–water partition coefficient (Wildman–Crippen LogP) is 6.26. The molecular formula is C41H48ClN9O4. The van der Waals surface area contributed by atoms with Crippen molar-refractivity contribution in [3.63, 3.8) is 0 Å². The number of nitriles is 1. The standard InChI is InChI=1S/C41H48ClN9O4/c1-24(2)51-20-17-35-33(23-51)45-38(49(35)4)40(53)47-31-10-6-8-28(36(31)42)27-7-5-9-30(29(27)21-43)46-39(52)37-44-32-22-50(19-16-34(32)48(37)3)18-15-25-11-13-26(14-12-25)41(54)55/h5-10,24-26H,11-20,22-23H2,1-4H3,(H,46,52)(H,47,53)(H,54,55). The van der Waals surface area contributed by atoms with Gasteiger partial charge in [-0.3, -0.25) is 24.2 Å². The Kier molecular flexibility index (Phi) is 11.1. The second-order valence-corrected chi connectivity index (χ2v) is 15.8. The predicted molar refractivity (Wildman–Crippen MR) is 210 cm³/mol. The highest BCUT2D eigenvalue weighted by Crippen LogP contribution is 2.38. The fourth-order valence-corrected chi connectivity index (χ4v) is 8.70. The van der Waals surface area contributed by atoms with E-state index in [0.29, 0.717) is 53.4 Å². The molecule has 0 saturated heterocycles. The van der Waals surface area contributed by atoms with Crippen molar-refractivity contribution in [3.05, 3.63) is 81.4 Å². The number of aliphatic carboxylic acids is 1. The van der Waals surface area contributed by atoms with Crippen molar-refractivity contribution >= 4 is 40.8 Å². The van der Waals surface area contributed by atoms with Crippen LogP contribution in [-0.4, -0.2) is 77.5 Å². The van der Waals surface area contributed by atoms with Crippen molar-refractivity contribution in [3.8, 4) is 17.2 Å². The van der Waals surface area contributed by atoms with Crippen molar-refractivity contribution < 1.29 is 19.5 Å². The maximum absolute atomic E-state index is 13.7. The number of benzene rings is 2. The summed E-state index contributed by atoms with van der Waals surface area (Å²) in [7, 11) is 3.71. The second kappa shape index (κ2) is 16.0. The van der Waals surface area contributed by atoms with Gasteiger partial charge < -0.3 is 24.9 Å². The average Bonchev–Trinajstić information content (AvgIpc) is 3.70. The maximum Gasteiger partial charge on any atom is 0.306 e. The molecule has 1 fully saturated rings.